The summed E-state index contributed by atoms with van der Waals surface area (Å²) in [6, 6.07) is 3.33. The number of nitrogens with one attached hydrogen (secondary N) is 2. The molecule has 2 rings (SSSR count). The third-order valence-corrected chi connectivity index (χ3v) is 4.44. The fourth-order valence-corrected chi connectivity index (χ4v) is 3.17. The molecule has 2 aromatic heterocycles. The molecule has 0 aliphatic rings. The molecule has 2 amide bonds. The van der Waals surface area contributed by atoms with Crippen LogP contribution in [-0.4, -0.2) is 29.4 Å². The van der Waals surface area contributed by atoms with E-state index >= 15 is 0 Å². The van der Waals surface area contributed by atoms with Crippen LogP contribution in [0, 0.1) is 0 Å². The molecule has 0 aliphatic carbocycles. The minimum absolute atomic E-state index is 0.199. The Morgan fingerprint density at radius 2 is 2.20 bits per heavy atom. The van der Waals surface area contributed by atoms with E-state index in [0.29, 0.717) is 12.2 Å². The Kier molecular flexibility index (Phi) is 4.86. The van der Waals surface area contributed by atoms with Gasteiger partial charge in [0.15, 0.2) is 0 Å². The Morgan fingerprint density at radius 3 is 2.85 bits per heavy atom. The van der Waals surface area contributed by atoms with E-state index in [0.717, 1.165) is 9.88 Å². The number of hydrogen-bond acceptors (Lipinski definition) is 5. The fourth-order valence-electron chi connectivity index (χ4n) is 1.55. The molecule has 0 spiro atoms. The molecule has 7 heteroatoms. The van der Waals surface area contributed by atoms with Crippen LogP contribution in [0.3, 0.4) is 0 Å². The average Bonchev–Trinajstić information content (AvgIpc) is 3.09. The van der Waals surface area contributed by atoms with Crippen molar-refractivity contribution in [3.8, 4) is 9.88 Å². The summed E-state index contributed by atoms with van der Waals surface area (Å²) in [7, 11) is 0. The van der Waals surface area contributed by atoms with Gasteiger partial charge < -0.3 is 10.6 Å². The maximum absolute atomic E-state index is 12.0. The number of likely N-dealkylation sites (N-methyl/N-ethyl adjacent to an activating group) is 1. The first-order valence-corrected chi connectivity index (χ1v) is 7.95. The van der Waals surface area contributed by atoms with Crippen LogP contribution in [0.2, 0.25) is 0 Å². The highest BCUT2D eigenvalue weighted by Gasteiger charge is 2.18. The van der Waals surface area contributed by atoms with Crippen molar-refractivity contribution in [3.63, 3.8) is 0 Å². The molecule has 106 valence electrons. The van der Waals surface area contributed by atoms with E-state index < -0.39 is 6.04 Å². The zero-order chi connectivity index (χ0) is 14.5. The number of carbonyl (C=O) groups is 2. The minimum Gasteiger partial charge on any atom is -0.355 e. The average molecular weight is 309 g/mol. The number of nitrogens with zero attached hydrogens (tertiary/aromatic N) is 1. The van der Waals surface area contributed by atoms with Crippen LogP contribution in [0.1, 0.15) is 24.3 Å². The first-order chi connectivity index (χ1) is 9.61. The lowest BCUT2D eigenvalue weighted by molar-refractivity contribution is -0.122. The van der Waals surface area contributed by atoms with Crippen LogP contribution >= 0.6 is 22.7 Å². The number of thiazole rings is 1. The highest BCUT2D eigenvalue weighted by molar-refractivity contribution is 7.20. The molecule has 2 heterocycles. The standard InChI is InChI=1S/C13H15N3O2S2/c1-3-14-11(17)8(2)15-12(18)9-7-20-13(16-9)10-5-4-6-19-10/h4-8H,3H2,1-2H3,(H,14,17)(H,15,18). The lowest BCUT2D eigenvalue weighted by atomic mass is 10.3. The molecule has 0 aliphatic heterocycles. The van der Waals surface area contributed by atoms with Crippen molar-refractivity contribution < 1.29 is 9.59 Å². The van der Waals surface area contributed by atoms with Crippen LogP contribution in [0.4, 0.5) is 0 Å². The normalized spacial score (nSPS) is 11.9. The van der Waals surface area contributed by atoms with Crippen LogP contribution in [0.15, 0.2) is 22.9 Å². The highest BCUT2D eigenvalue weighted by Crippen LogP contribution is 2.27. The number of hydrogen-bond donors (Lipinski definition) is 2. The van der Waals surface area contributed by atoms with E-state index in [1.165, 1.54) is 11.3 Å². The van der Waals surface area contributed by atoms with Gasteiger partial charge in [0.25, 0.3) is 5.91 Å². The van der Waals surface area contributed by atoms with Crippen LogP contribution < -0.4 is 10.6 Å². The van der Waals surface area contributed by atoms with Gasteiger partial charge in [0.1, 0.15) is 16.7 Å². The molecule has 0 aromatic carbocycles. The molecule has 1 unspecified atom stereocenters. The van der Waals surface area contributed by atoms with Crippen molar-refractivity contribution in [2.24, 2.45) is 0 Å². The maximum Gasteiger partial charge on any atom is 0.271 e. The first kappa shape index (κ1) is 14.7. The monoisotopic (exact) mass is 309 g/mol. The van der Waals surface area contributed by atoms with Gasteiger partial charge in [-0.05, 0) is 25.3 Å². The van der Waals surface area contributed by atoms with E-state index in [1.54, 1.807) is 23.6 Å². The second-order valence-corrected chi connectivity index (χ2v) is 5.91. The molecule has 0 fully saturated rings. The van der Waals surface area contributed by atoms with Gasteiger partial charge in [0, 0.05) is 11.9 Å². The smallest absolute Gasteiger partial charge is 0.271 e. The Hall–Kier alpha value is -1.73. The Labute approximate surface area is 125 Å². The summed E-state index contributed by atoms with van der Waals surface area (Å²) in [4.78, 5) is 28.9. The van der Waals surface area contributed by atoms with Crippen molar-refractivity contribution >= 4 is 34.5 Å². The Morgan fingerprint density at radius 1 is 1.40 bits per heavy atom. The zero-order valence-corrected chi connectivity index (χ0v) is 12.8. The summed E-state index contributed by atoms with van der Waals surface area (Å²) >= 11 is 3.00. The van der Waals surface area contributed by atoms with Crippen molar-refractivity contribution in [2.45, 2.75) is 19.9 Å². The molecule has 2 N–H and O–H groups in total. The van der Waals surface area contributed by atoms with Gasteiger partial charge in [-0.15, -0.1) is 22.7 Å². The molecular formula is C13H15N3O2S2. The van der Waals surface area contributed by atoms with Crippen LogP contribution in [-0.2, 0) is 4.79 Å². The zero-order valence-electron chi connectivity index (χ0n) is 11.2. The van der Waals surface area contributed by atoms with Crippen molar-refractivity contribution in [3.05, 3.63) is 28.6 Å². The van der Waals surface area contributed by atoms with Gasteiger partial charge in [0.05, 0.1) is 4.88 Å². The van der Waals surface area contributed by atoms with Crippen LogP contribution in [0.5, 0.6) is 0 Å². The molecular weight excluding hydrogens is 294 g/mol. The van der Waals surface area contributed by atoms with E-state index in [4.69, 9.17) is 0 Å². The van der Waals surface area contributed by atoms with Gasteiger partial charge in [-0.2, -0.15) is 0 Å². The van der Waals surface area contributed by atoms with E-state index in [9.17, 15) is 9.59 Å². The predicted octanol–water partition coefficient (Wildman–Crippen LogP) is 2.13. The summed E-state index contributed by atoms with van der Waals surface area (Å²) < 4.78 is 0. The molecule has 0 saturated heterocycles. The molecule has 0 bridgehead atoms. The molecule has 1 atom stereocenters. The molecule has 5 nitrogen and oxygen atoms in total. The highest BCUT2D eigenvalue weighted by atomic mass is 32.1. The van der Waals surface area contributed by atoms with Gasteiger partial charge in [-0.3, -0.25) is 9.59 Å². The van der Waals surface area contributed by atoms with Crippen molar-refractivity contribution in [1.29, 1.82) is 0 Å². The van der Waals surface area contributed by atoms with E-state index in [-0.39, 0.29) is 11.8 Å². The first-order valence-electron chi connectivity index (χ1n) is 6.19. The molecule has 0 radical (unpaired) electrons. The summed E-state index contributed by atoms with van der Waals surface area (Å²) in [5, 5.41) is 9.78. The van der Waals surface area contributed by atoms with Gasteiger partial charge in [0.2, 0.25) is 5.91 Å². The third kappa shape index (κ3) is 3.43. The largest absolute Gasteiger partial charge is 0.355 e. The van der Waals surface area contributed by atoms with Crippen molar-refractivity contribution in [2.75, 3.05) is 6.54 Å². The van der Waals surface area contributed by atoms with Gasteiger partial charge in [-0.25, -0.2) is 4.98 Å². The lowest BCUT2D eigenvalue weighted by Crippen LogP contribution is -2.44. The maximum atomic E-state index is 12.0. The van der Waals surface area contributed by atoms with E-state index in [2.05, 4.69) is 15.6 Å². The predicted molar refractivity (Wildman–Crippen MR) is 81.0 cm³/mol. The lowest BCUT2D eigenvalue weighted by Gasteiger charge is -2.12. The Bertz CT molecular complexity index is 593. The number of thiophene rings is 1. The second-order valence-electron chi connectivity index (χ2n) is 4.10. The Balaban J connectivity index is 2.01. The number of aromatic nitrogens is 1. The number of amides is 2. The summed E-state index contributed by atoms with van der Waals surface area (Å²) in [6.45, 7) is 4.02. The summed E-state index contributed by atoms with van der Waals surface area (Å²) in [6.07, 6.45) is 0. The number of carbonyl (C=O) groups excluding carboxylic acids is 2. The summed E-state index contributed by atoms with van der Waals surface area (Å²) in [5.74, 6) is -0.530. The third-order valence-electron chi connectivity index (χ3n) is 2.56. The topological polar surface area (TPSA) is 71.1 Å². The van der Waals surface area contributed by atoms with Crippen LogP contribution in [0.25, 0.3) is 9.88 Å². The molecule has 2 aromatic rings. The molecule has 0 saturated carbocycles. The van der Waals surface area contributed by atoms with E-state index in [1.807, 2.05) is 24.4 Å². The van der Waals surface area contributed by atoms with Crippen molar-refractivity contribution in [1.82, 2.24) is 15.6 Å². The minimum atomic E-state index is -0.575. The summed E-state index contributed by atoms with van der Waals surface area (Å²) in [5.41, 5.74) is 0.342. The van der Waals surface area contributed by atoms with Gasteiger partial charge >= 0.3 is 0 Å². The fraction of sp³-hybridized carbons (Fsp3) is 0.308. The number of rotatable bonds is 5. The van der Waals surface area contributed by atoms with Gasteiger partial charge in [-0.1, -0.05) is 6.07 Å². The quantitative estimate of drug-likeness (QED) is 0.889. The SMILES string of the molecule is CCNC(=O)C(C)NC(=O)c1csc(-c2cccs2)n1. The second kappa shape index (κ2) is 6.62. The molecule has 20 heavy (non-hydrogen) atoms.